The summed E-state index contributed by atoms with van der Waals surface area (Å²) < 4.78 is 5.23. The molecule has 0 aliphatic heterocycles. The van der Waals surface area contributed by atoms with Crippen molar-refractivity contribution in [2.75, 3.05) is 11.9 Å². The number of nitrogens with one attached hydrogen (secondary N) is 2. The molecule has 1 saturated carbocycles. The minimum atomic E-state index is -0.462. The van der Waals surface area contributed by atoms with Crippen LogP contribution in [0.3, 0.4) is 0 Å². The first-order valence-electron chi connectivity index (χ1n) is 7.72. The second-order valence-electron chi connectivity index (χ2n) is 6.73. The minimum absolute atomic E-state index is 0.379. The van der Waals surface area contributed by atoms with Gasteiger partial charge in [0, 0.05) is 18.8 Å². The zero-order valence-corrected chi connectivity index (χ0v) is 13.2. The van der Waals surface area contributed by atoms with Crippen molar-refractivity contribution >= 4 is 11.8 Å². The summed E-state index contributed by atoms with van der Waals surface area (Å²) in [6, 6.07) is 8.16. The lowest BCUT2D eigenvalue weighted by Gasteiger charge is -2.26. The van der Waals surface area contributed by atoms with Crippen LogP contribution >= 0.6 is 0 Å². The van der Waals surface area contributed by atoms with Crippen molar-refractivity contribution in [3.05, 3.63) is 29.8 Å². The monoisotopic (exact) mass is 290 g/mol. The number of benzene rings is 1. The number of carbonyl (C=O) groups excluding carboxylic acids is 1. The van der Waals surface area contributed by atoms with E-state index in [-0.39, 0.29) is 6.09 Å². The minimum Gasteiger partial charge on any atom is -0.444 e. The normalized spacial score (nSPS) is 15.2. The van der Waals surface area contributed by atoms with E-state index in [2.05, 4.69) is 22.8 Å². The Morgan fingerprint density at radius 2 is 2.10 bits per heavy atom. The van der Waals surface area contributed by atoms with Gasteiger partial charge in [0.25, 0.3) is 0 Å². The topological polar surface area (TPSA) is 50.4 Å². The average molecular weight is 290 g/mol. The van der Waals surface area contributed by atoms with Gasteiger partial charge in [-0.1, -0.05) is 18.6 Å². The highest BCUT2D eigenvalue weighted by Crippen LogP contribution is 2.26. The molecule has 2 rings (SSSR count). The van der Waals surface area contributed by atoms with Crippen molar-refractivity contribution < 1.29 is 9.53 Å². The molecule has 0 unspecified atom stereocenters. The highest BCUT2D eigenvalue weighted by molar-refractivity contribution is 5.67. The third-order valence-corrected chi connectivity index (χ3v) is 3.58. The Balaban J connectivity index is 1.78. The molecule has 4 nitrogen and oxygen atoms in total. The predicted octanol–water partition coefficient (Wildman–Crippen LogP) is 3.92. The van der Waals surface area contributed by atoms with Gasteiger partial charge in [-0.25, -0.2) is 4.79 Å². The zero-order valence-electron chi connectivity index (χ0n) is 13.2. The van der Waals surface area contributed by atoms with E-state index in [1.807, 2.05) is 32.9 Å². The Morgan fingerprint density at radius 3 is 2.71 bits per heavy atom. The molecule has 0 heterocycles. The molecule has 1 aromatic carbocycles. The number of alkyl carbamates (subject to hydrolysis) is 1. The molecule has 0 bridgehead atoms. The third kappa shape index (κ3) is 5.66. The van der Waals surface area contributed by atoms with E-state index in [9.17, 15) is 4.79 Å². The van der Waals surface area contributed by atoms with Crippen LogP contribution < -0.4 is 10.6 Å². The van der Waals surface area contributed by atoms with Crippen molar-refractivity contribution in [2.45, 2.75) is 52.2 Å². The van der Waals surface area contributed by atoms with E-state index in [1.165, 1.54) is 19.3 Å². The summed E-state index contributed by atoms with van der Waals surface area (Å²) in [6.07, 6.45) is 3.67. The highest BCUT2D eigenvalue weighted by Gasteiger charge is 2.17. The van der Waals surface area contributed by atoms with Crippen molar-refractivity contribution in [1.29, 1.82) is 0 Å². The van der Waals surface area contributed by atoms with Gasteiger partial charge in [0.05, 0.1) is 0 Å². The van der Waals surface area contributed by atoms with Crippen molar-refractivity contribution in [1.82, 2.24) is 5.32 Å². The van der Waals surface area contributed by atoms with E-state index in [1.54, 1.807) is 0 Å². The van der Waals surface area contributed by atoms with Crippen LogP contribution in [0, 0.1) is 5.92 Å². The second-order valence-corrected chi connectivity index (χ2v) is 6.73. The lowest BCUT2D eigenvalue weighted by atomic mass is 9.85. The largest absolute Gasteiger partial charge is 0.444 e. The van der Waals surface area contributed by atoms with E-state index in [4.69, 9.17) is 4.74 Å². The molecule has 1 aromatic rings. The number of anilines is 1. The van der Waals surface area contributed by atoms with E-state index < -0.39 is 5.60 Å². The van der Waals surface area contributed by atoms with Crippen LogP contribution in [0.1, 0.15) is 45.6 Å². The first kappa shape index (κ1) is 15.7. The quantitative estimate of drug-likeness (QED) is 0.864. The summed E-state index contributed by atoms with van der Waals surface area (Å²) in [5, 5.41) is 6.25. The van der Waals surface area contributed by atoms with Crippen molar-refractivity contribution in [3.63, 3.8) is 0 Å². The van der Waals surface area contributed by atoms with E-state index in [0.29, 0.717) is 6.54 Å². The van der Waals surface area contributed by atoms with Crippen molar-refractivity contribution in [3.8, 4) is 0 Å². The number of hydrogen-bond acceptors (Lipinski definition) is 3. The van der Waals surface area contributed by atoms with Gasteiger partial charge >= 0.3 is 6.09 Å². The standard InChI is InChI=1S/C17H26N2O2/c1-17(2,3)21-16(20)19-12-14-8-5-9-15(10-14)18-11-13-6-4-7-13/h5,8-10,13,18H,4,6-7,11-12H2,1-3H3,(H,19,20). The number of carbonyl (C=O) groups is 1. The Hall–Kier alpha value is -1.71. The fourth-order valence-corrected chi connectivity index (χ4v) is 2.24. The maximum Gasteiger partial charge on any atom is 0.407 e. The molecule has 0 spiro atoms. The molecular formula is C17H26N2O2. The van der Waals surface area contributed by atoms with Crippen molar-refractivity contribution in [2.24, 2.45) is 5.92 Å². The third-order valence-electron chi connectivity index (χ3n) is 3.58. The SMILES string of the molecule is CC(C)(C)OC(=O)NCc1cccc(NCC2CCC2)c1. The summed E-state index contributed by atoms with van der Waals surface area (Å²) in [5.41, 5.74) is 1.72. The molecule has 1 amide bonds. The van der Waals surface area contributed by atoms with Crippen LogP contribution in [0.4, 0.5) is 10.5 Å². The second kappa shape index (κ2) is 6.83. The maximum atomic E-state index is 11.6. The van der Waals surface area contributed by atoms with Gasteiger partial charge in [0.2, 0.25) is 0 Å². The fraction of sp³-hybridized carbons (Fsp3) is 0.588. The van der Waals surface area contributed by atoms with Gasteiger partial charge in [0.15, 0.2) is 0 Å². The molecule has 0 saturated heterocycles. The average Bonchev–Trinajstić information content (AvgIpc) is 2.33. The van der Waals surface area contributed by atoms with Crippen LogP contribution in [-0.2, 0) is 11.3 Å². The number of amides is 1. The van der Waals surface area contributed by atoms with Gasteiger partial charge in [0.1, 0.15) is 5.60 Å². The molecular weight excluding hydrogens is 264 g/mol. The Kier molecular flexibility index (Phi) is 5.10. The first-order chi connectivity index (χ1) is 9.92. The van der Waals surface area contributed by atoms with Gasteiger partial charge < -0.3 is 15.4 Å². The van der Waals surface area contributed by atoms with Crippen LogP contribution in [0.2, 0.25) is 0 Å². The van der Waals surface area contributed by atoms with E-state index in [0.717, 1.165) is 23.7 Å². The van der Waals surface area contributed by atoms with Gasteiger partial charge in [-0.2, -0.15) is 0 Å². The Labute approximate surface area is 127 Å². The highest BCUT2D eigenvalue weighted by atomic mass is 16.6. The molecule has 116 valence electrons. The summed E-state index contributed by atoms with van der Waals surface area (Å²) in [5.74, 6) is 0.827. The van der Waals surface area contributed by atoms with Gasteiger partial charge in [-0.15, -0.1) is 0 Å². The smallest absolute Gasteiger partial charge is 0.407 e. The molecule has 0 radical (unpaired) electrons. The fourth-order valence-electron chi connectivity index (χ4n) is 2.24. The maximum absolute atomic E-state index is 11.6. The molecule has 4 heteroatoms. The Morgan fingerprint density at radius 1 is 1.33 bits per heavy atom. The van der Waals surface area contributed by atoms with Gasteiger partial charge in [-0.3, -0.25) is 0 Å². The summed E-state index contributed by atoms with van der Waals surface area (Å²) in [4.78, 5) is 11.6. The zero-order chi connectivity index (χ0) is 15.3. The number of ether oxygens (including phenoxy) is 1. The molecule has 0 aromatic heterocycles. The Bertz CT molecular complexity index is 476. The van der Waals surface area contributed by atoms with Crippen LogP contribution in [-0.4, -0.2) is 18.2 Å². The van der Waals surface area contributed by atoms with E-state index >= 15 is 0 Å². The summed E-state index contributed by atoms with van der Waals surface area (Å²) in [6.45, 7) is 7.10. The molecule has 1 aliphatic rings. The molecule has 1 aliphatic carbocycles. The van der Waals surface area contributed by atoms with Crippen LogP contribution in [0.5, 0.6) is 0 Å². The molecule has 2 N–H and O–H groups in total. The van der Waals surface area contributed by atoms with Gasteiger partial charge in [-0.05, 0) is 57.2 Å². The molecule has 21 heavy (non-hydrogen) atoms. The van der Waals surface area contributed by atoms with Crippen LogP contribution in [0.25, 0.3) is 0 Å². The molecule has 1 fully saturated rings. The van der Waals surface area contributed by atoms with Crippen LogP contribution in [0.15, 0.2) is 24.3 Å². The number of hydrogen-bond donors (Lipinski definition) is 2. The number of rotatable bonds is 5. The summed E-state index contributed by atoms with van der Waals surface area (Å²) >= 11 is 0. The first-order valence-corrected chi connectivity index (χ1v) is 7.72. The lowest BCUT2D eigenvalue weighted by Crippen LogP contribution is -2.32. The predicted molar refractivity (Wildman–Crippen MR) is 85.3 cm³/mol. The molecule has 0 atom stereocenters. The lowest BCUT2D eigenvalue weighted by molar-refractivity contribution is 0.0523. The summed E-state index contributed by atoms with van der Waals surface area (Å²) in [7, 11) is 0.